The predicted octanol–water partition coefficient (Wildman–Crippen LogP) is 1.84. The second kappa shape index (κ2) is 12.9. The van der Waals surface area contributed by atoms with Gasteiger partial charge in [0.2, 0.25) is 0 Å². The molecule has 0 aliphatic carbocycles. The number of nitrogens with one attached hydrogen (secondary N) is 2. The monoisotopic (exact) mass is 298 g/mol. The summed E-state index contributed by atoms with van der Waals surface area (Å²) >= 11 is 0. The molecule has 0 unspecified atom stereocenters. The van der Waals surface area contributed by atoms with Crippen LogP contribution in [0.5, 0.6) is 0 Å². The van der Waals surface area contributed by atoms with E-state index >= 15 is 0 Å². The van der Waals surface area contributed by atoms with E-state index in [1.807, 2.05) is 6.92 Å². The van der Waals surface area contributed by atoms with E-state index in [4.69, 9.17) is 4.74 Å². The Balaban J connectivity index is 2.04. The summed E-state index contributed by atoms with van der Waals surface area (Å²) in [6, 6.07) is 0. The molecule has 124 valence electrons. The van der Waals surface area contributed by atoms with Crippen molar-refractivity contribution in [3.05, 3.63) is 0 Å². The van der Waals surface area contributed by atoms with Crippen LogP contribution in [0.2, 0.25) is 0 Å². The Morgan fingerprint density at radius 3 is 2.62 bits per heavy atom. The second-order valence-corrected chi connectivity index (χ2v) is 5.49. The van der Waals surface area contributed by atoms with E-state index in [1.165, 1.54) is 45.3 Å². The second-order valence-electron chi connectivity index (χ2n) is 5.49. The summed E-state index contributed by atoms with van der Waals surface area (Å²) in [5.74, 6) is 0.940. The van der Waals surface area contributed by atoms with Gasteiger partial charge in [0.05, 0.1) is 0 Å². The van der Waals surface area contributed by atoms with Crippen LogP contribution in [0, 0.1) is 0 Å². The van der Waals surface area contributed by atoms with Crippen molar-refractivity contribution in [1.29, 1.82) is 0 Å². The fraction of sp³-hybridized carbons (Fsp3) is 0.938. The number of hydrogen-bond donors (Lipinski definition) is 2. The van der Waals surface area contributed by atoms with Crippen LogP contribution in [-0.2, 0) is 4.74 Å². The van der Waals surface area contributed by atoms with Gasteiger partial charge in [0.15, 0.2) is 5.96 Å². The molecule has 0 aromatic carbocycles. The number of aliphatic imine (C=N–C) groups is 1. The highest BCUT2D eigenvalue weighted by Crippen LogP contribution is 2.07. The average Bonchev–Trinajstić information content (AvgIpc) is 3.00. The lowest BCUT2D eigenvalue weighted by molar-refractivity contribution is 0.146. The molecule has 2 N–H and O–H groups in total. The molecule has 1 rings (SSSR count). The maximum Gasteiger partial charge on any atom is 0.191 e. The van der Waals surface area contributed by atoms with Gasteiger partial charge in [-0.15, -0.1) is 0 Å². The van der Waals surface area contributed by atoms with Crippen LogP contribution >= 0.6 is 0 Å². The molecule has 0 aromatic rings. The van der Waals surface area contributed by atoms with E-state index in [1.54, 1.807) is 0 Å². The molecule has 0 atom stereocenters. The number of unbranched alkanes of at least 4 members (excludes halogenated alkanes) is 1. The van der Waals surface area contributed by atoms with Gasteiger partial charge in [-0.2, -0.15) is 0 Å². The zero-order valence-electron chi connectivity index (χ0n) is 14.0. The summed E-state index contributed by atoms with van der Waals surface area (Å²) in [7, 11) is 0. The number of rotatable bonds is 11. The van der Waals surface area contributed by atoms with E-state index in [0.717, 1.165) is 45.2 Å². The van der Waals surface area contributed by atoms with Crippen molar-refractivity contribution >= 4 is 5.96 Å². The van der Waals surface area contributed by atoms with Gasteiger partial charge in [-0.1, -0.05) is 0 Å². The number of hydrogen-bond acceptors (Lipinski definition) is 3. The lowest BCUT2D eigenvalue weighted by Gasteiger charge is -2.15. The third-order valence-corrected chi connectivity index (χ3v) is 3.66. The largest absolute Gasteiger partial charge is 0.382 e. The lowest BCUT2D eigenvalue weighted by atomic mass is 10.3. The minimum atomic E-state index is 0.791. The van der Waals surface area contributed by atoms with Crippen LogP contribution in [0.4, 0.5) is 0 Å². The molecule has 0 spiro atoms. The highest BCUT2D eigenvalue weighted by molar-refractivity contribution is 5.79. The molecule has 0 radical (unpaired) electrons. The van der Waals surface area contributed by atoms with Gasteiger partial charge in [-0.25, -0.2) is 0 Å². The summed E-state index contributed by atoms with van der Waals surface area (Å²) in [4.78, 5) is 7.14. The average molecular weight is 298 g/mol. The molecule has 1 saturated heterocycles. The molecule has 0 saturated carbocycles. The predicted molar refractivity (Wildman–Crippen MR) is 90.0 cm³/mol. The number of nitrogens with zero attached hydrogens (tertiary/aromatic N) is 2. The highest BCUT2D eigenvalue weighted by atomic mass is 16.5. The van der Waals surface area contributed by atoms with Crippen molar-refractivity contribution in [2.75, 3.05) is 52.5 Å². The maximum atomic E-state index is 5.32. The van der Waals surface area contributed by atoms with Crippen molar-refractivity contribution in [3.8, 4) is 0 Å². The first-order valence-electron chi connectivity index (χ1n) is 8.69. The first-order valence-corrected chi connectivity index (χ1v) is 8.69. The number of guanidine groups is 1. The fourth-order valence-corrected chi connectivity index (χ4v) is 2.52. The maximum absolute atomic E-state index is 5.32. The van der Waals surface area contributed by atoms with Crippen molar-refractivity contribution in [2.45, 2.75) is 46.0 Å². The molecule has 5 nitrogen and oxygen atoms in total. The Morgan fingerprint density at radius 2 is 1.90 bits per heavy atom. The summed E-state index contributed by atoms with van der Waals surface area (Å²) in [6.45, 7) is 12.3. The van der Waals surface area contributed by atoms with Crippen molar-refractivity contribution in [2.24, 2.45) is 4.99 Å². The van der Waals surface area contributed by atoms with Crippen LogP contribution in [0.3, 0.4) is 0 Å². The Kier molecular flexibility index (Phi) is 11.2. The molecule has 1 aliphatic rings. The molecule has 21 heavy (non-hydrogen) atoms. The summed E-state index contributed by atoms with van der Waals surface area (Å²) in [6.07, 6.45) is 6.24. The zero-order valence-corrected chi connectivity index (χ0v) is 14.0. The van der Waals surface area contributed by atoms with Crippen LogP contribution in [0.1, 0.15) is 46.0 Å². The normalized spacial score (nSPS) is 16.4. The molecule has 0 aromatic heterocycles. The van der Waals surface area contributed by atoms with Gasteiger partial charge in [0, 0.05) is 32.8 Å². The van der Waals surface area contributed by atoms with Crippen LogP contribution in [0.25, 0.3) is 0 Å². The Bertz CT molecular complexity index is 265. The molecular formula is C16H34N4O. The third-order valence-electron chi connectivity index (χ3n) is 3.66. The summed E-state index contributed by atoms with van der Waals surface area (Å²) in [5, 5.41) is 6.71. The Hall–Kier alpha value is -0.810. The SMILES string of the molecule is CCNC(=NCCCOCC)NCCCCN1CCCC1. The van der Waals surface area contributed by atoms with Gasteiger partial charge in [-0.3, -0.25) is 4.99 Å². The molecule has 1 aliphatic heterocycles. The lowest BCUT2D eigenvalue weighted by Crippen LogP contribution is -2.38. The van der Waals surface area contributed by atoms with E-state index in [9.17, 15) is 0 Å². The molecule has 1 fully saturated rings. The van der Waals surface area contributed by atoms with Crippen LogP contribution in [0.15, 0.2) is 4.99 Å². The zero-order chi connectivity index (χ0) is 15.2. The van der Waals surface area contributed by atoms with Gasteiger partial charge in [-0.05, 0) is 65.6 Å². The first-order chi connectivity index (χ1) is 10.4. The minimum absolute atomic E-state index is 0.791. The van der Waals surface area contributed by atoms with E-state index in [2.05, 4.69) is 27.4 Å². The third kappa shape index (κ3) is 9.69. The minimum Gasteiger partial charge on any atom is -0.382 e. The van der Waals surface area contributed by atoms with E-state index in [-0.39, 0.29) is 0 Å². The Morgan fingerprint density at radius 1 is 1.10 bits per heavy atom. The van der Waals surface area contributed by atoms with Gasteiger partial charge < -0.3 is 20.3 Å². The molecule has 5 heteroatoms. The first kappa shape index (κ1) is 18.2. The highest BCUT2D eigenvalue weighted by Gasteiger charge is 2.09. The summed E-state index contributed by atoms with van der Waals surface area (Å²) < 4.78 is 5.32. The van der Waals surface area contributed by atoms with Gasteiger partial charge in [0.25, 0.3) is 0 Å². The van der Waals surface area contributed by atoms with Crippen molar-refractivity contribution < 1.29 is 4.74 Å². The van der Waals surface area contributed by atoms with Crippen LogP contribution in [-0.4, -0.2) is 63.3 Å². The van der Waals surface area contributed by atoms with E-state index < -0.39 is 0 Å². The smallest absolute Gasteiger partial charge is 0.191 e. The van der Waals surface area contributed by atoms with Crippen molar-refractivity contribution in [3.63, 3.8) is 0 Å². The quantitative estimate of drug-likeness (QED) is 0.347. The Labute approximate surface area is 130 Å². The molecular weight excluding hydrogens is 264 g/mol. The molecule has 0 amide bonds. The number of likely N-dealkylation sites (tertiary alicyclic amines) is 1. The molecule has 0 bridgehead atoms. The van der Waals surface area contributed by atoms with Gasteiger partial charge in [0.1, 0.15) is 0 Å². The molecule has 1 heterocycles. The number of ether oxygens (including phenoxy) is 1. The summed E-state index contributed by atoms with van der Waals surface area (Å²) in [5.41, 5.74) is 0. The topological polar surface area (TPSA) is 48.9 Å². The van der Waals surface area contributed by atoms with E-state index in [0.29, 0.717) is 0 Å². The van der Waals surface area contributed by atoms with Crippen molar-refractivity contribution in [1.82, 2.24) is 15.5 Å². The van der Waals surface area contributed by atoms with Gasteiger partial charge >= 0.3 is 0 Å². The van der Waals surface area contributed by atoms with Crippen LogP contribution < -0.4 is 10.6 Å². The standard InChI is InChI=1S/C16H34N4O/c1-3-17-16(19-11-9-15-21-4-2)18-10-5-6-12-20-13-7-8-14-20/h3-15H2,1-2H3,(H2,17,18,19). The fourth-order valence-electron chi connectivity index (χ4n) is 2.52.